The molecular weight excluding hydrogens is 789 g/mol. The van der Waals surface area contributed by atoms with Crippen LogP contribution in [0.1, 0.15) is 135 Å². The van der Waals surface area contributed by atoms with Crippen molar-refractivity contribution in [3.63, 3.8) is 0 Å². The number of benzene rings is 5. The van der Waals surface area contributed by atoms with Gasteiger partial charge in [-0.15, -0.1) is 0 Å². The molecule has 0 aliphatic heterocycles. The lowest BCUT2D eigenvalue weighted by Gasteiger charge is -2.16. The second kappa shape index (κ2) is 27.3. The zero-order chi connectivity index (χ0) is 45.2. The van der Waals surface area contributed by atoms with E-state index >= 15 is 0 Å². The van der Waals surface area contributed by atoms with Crippen molar-refractivity contribution in [2.45, 2.75) is 90.9 Å². The highest BCUT2D eigenvalue weighted by Crippen LogP contribution is 2.33. The van der Waals surface area contributed by atoms with Crippen LogP contribution < -0.4 is 18.9 Å². The zero-order valence-electron chi connectivity index (χ0n) is 38.3. The summed E-state index contributed by atoms with van der Waals surface area (Å²) in [6.45, 7) is 5.77. The van der Waals surface area contributed by atoms with Gasteiger partial charge in [-0.2, -0.15) is 10.5 Å². The van der Waals surface area contributed by atoms with Crippen molar-refractivity contribution in [3.05, 3.63) is 154 Å². The smallest absolute Gasteiger partial charge is 0.127 e. The van der Waals surface area contributed by atoms with Gasteiger partial charge in [-0.05, 0) is 119 Å². The minimum atomic E-state index is 0.588. The molecule has 0 spiro atoms. The van der Waals surface area contributed by atoms with E-state index in [9.17, 15) is 10.5 Å². The topological polar surface area (TPSA) is 84.5 Å². The van der Waals surface area contributed by atoms with Gasteiger partial charge >= 0.3 is 0 Å². The Kier molecular flexibility index (Phi) is 20.6. The number of rotatable bonds is 26. The Balaban J connectivity index is 1.41. The van der Waals surface area contributed by atoms with Crippen LogP contribution in [-0.2, 0) is 0 Å². The largest absolute Gasteiger partial charge is 0.497 e. The molecule has 0 aromatic heterocycles. The number of ether oxygens (including phenoxy) is 4. The lowest BCUT2D eigenvalue weighted by molar-refractivity contribution is 0.295. The Hall–Kier alpha value is -6.76. The minimum Gasteiger partial charge on any atom is -0.497 e. The summed E-state index contributed by atoms with van der Waals surface area (Å²) in [6, 6.07) is 40.4. The number of nitriles is 2. The van der Waals surface area contributed by atoms with Gasteiger partial charge in [-0.25, -0.2) is 0 Å². The molecule has 6 heteroatoms. The highest BCUT2D eigenvalue weighted by atomic mass is 16.5. The van der Waals surface area contributed by atoms with Crippen molar-refractivity contribution >= 4 is 47.6 Å². The standard InChI is InChI=1S/C58H64N2O4/c1-5-7-9-11-13-15-37-63-57-41-52(28-26-46-19-23-48(24-20-46)40-54(44-60)50-31-35-56(62-4)36-32-50)58(64-38-16-14-12-10-8-6-2)42-51(57)27-25-45-17-21-47(22-18-45)39-53(43-59)49-29-33-55(61-3)34-30-49/h17-36,39-42H,5-16,37-38H2,1-4H3. The SMILES string of the molecule is CCCCCCCCOc1cc(C=Cc2ccc(C=C(C#N)c3ccc(OC)cc3)cc2)c(OCCCCCCCC)cc1C=Cc1ccc(C=C(C#N)c2ccc(OC)cc2)cc1. The molecule has 0 saturated heterocycles. The van der Waals surface area contributed by atoms with E-state index < -0.39 is 0 Å². The Labute approximate surface area is 382 Å². The van der Waals surface area contributed by atoms with E-state index in [0.717, 1.165) is 93.2 Å². The fourth-order valence-corrected chi connectivity index (χ4v) is 7.24. The van der Waals surface area contributed by atoms with E-state index in [1.54, 1.807) is 14.2 Å². The van der Waals surface area contributed by atoms with Gasteiger partial charge in [0.15, 0.2) is 0 Å². The van der Waals surface area contributed by atoms with Gasteiger partial charge < -0.3 is 18.9 Å². The summed E-state index contributed by atoms with van der Waals surface area (Å²) in [6.07, 6.45) is 26.5. The summed E-state index contributed by atoms with van der Waals surface area (Å²) in [5, 5.41) is 19.8. The maximum Gasteiger partial charge on any atom is 0.127 e. The van der Waals surface area contributed by atoms with Crippen LogP contribution in [-0.4, -0.2) is 27.4 Å². The first-order chi connectivity index (χ1) is 31.5. The predicted octanol–water partition coefficient (Wildman–Crippen LogP) is 15.7. The molecule has 64 heavy (non-hydrogen) atoms. The number of nitrogens with zero attached hydrogens (tertiary/aromatic N) is 2. The number of hydrogen-bond donors (Lipinski definition) is 0. The van der Waals surface area contributed by atoms with E-state index in [2.05, 4.69) is 86.7 Å². The summed E-state index contributed by atoms with van der Waals surface area (Å²) in [5.41, 5.74) is 8.73. The molecule has 0 aliphatic rings. The van der Waals surface area contributed by atoms with Crippen molar-refractivity contribution in [1.82, 2.24) is 0 Å². The van der Waals surface area contributed by atoms with E-state index in [-0.39, 0.29) is 0 Å². The fraction of sp³-hybridized carbons (Fsp3) is 0.310. The molecule has 5 aromatic carbocycles. The highest BCUT2D eigenvalue weighted by Gasteiger charge is 2.11. The monoisotopic (exact) mass is 852 g/mol. The molecule has 0 aliphatic carbocycles. The van der Waals surface area contributed by atoms with E-state index in [1.165, 1.54) is 51.4 Å². The first kappa shape index (κ1) is 48.3. The maximum absolute atomic E-state index is 9.92. The van der Waals surface area contributed by atoms with Gasteiger partial charge in [-0.1, -0.05) is 151 Å². The molecule has 0 atom stereocenters. The first-order valence-electron chi connectivity index (χ1n) is 23.0. The second-order valence-corrected chi connectivity index (χ2v) is 16.0. The molecule has 6 nitrogen and oxygen atoms in total. The summed E-state index contributed by atoms with van der Waals surface area (Å²) >= 11 is 0. The van der Waals surface area contributed by atoms with Crippen LogP contribution in [0, 0.1) is 22.7 Å². The van der Waals surface area contributed by atoms with Crippen LogP contribution in [0.25, 0.3) is 47.6 Å². The third-order valence-electron chi connectivity index (χ3n) is 11.1. The van der Waals surface area contributed by atoms with Gasteiger partial charge in [0.1, 0.15) is 23.0 Å². The van der Waals surface area contributed by atoms with Crippen LogP contribution in [0.3, 0.4) is 0 Å². The molecule has 5 rings (SSSR count). The lowest BCUT2D eigenvalue weighted by atomic mass is 10.0. The van der Waals surface area contributed by atoms with E-state index in [1.807, 2.05) is 84.9 Å². The molecule has 0 amide bonds. The van der Waals surface area contributed by atoms with E-state index in [4.69, 9.17) is 18.9 Å². The van der Waals surface area contributed by atoms with Crippen LogP contribution in [0.2, 0.25) is 0 Å². The van der Waals surface area contributed by atoms with Crippen LogP contribution in [0.5, 0.6) is 23.0 Å². The average Bonchev–Trinajstić information content (AvgIpc) is 3.34. The summed E-state index contributed by atoms with van der Waals surface area (Å²) < 4.78 is 23.7. The van der Waals surface area contributed by atoms with Gasteiger partial charge in [0.2, 0.25) is 0 Å². The van der Waals surface area contributed by atoms with Crippen molar-refractivity contribution in [1.29, 1.82) is 10.5 Å². The van der Waals surface area contributed by atoms with Crippen LogP contribution >= 0.6 is 0 Å². The molecule has 5 aromatic rings. The maximum atomic E-state index is 9.92. The Bertz CT molecular complexity index is 2200. The summed E-state index contributed by atoms with van der Waals surface area (Å²) in [5.74, 6) is 3.14. The fourth-order valence-electron chi connectivity index (χ4n) is 7.24. The van der Waals surface area contributed by atoms with Gasteiger partial charge in [0.05, 0.1) is 50.7 Å². The molecule has 0 radical (unpaired) electrons. The zero-order valence-corrected chi connectivity index (χ0v) is 38.3. The van der Waals surface area contributed by atoms with Crippen molar-refractivity contribution in [3.8, 4) is 35.1 Å². The van der Waals surface area contributed by atoms with Crippen LogP contribution in [0.15, 0.2) is 109 Å². The number of methoxy groups -OCH3 is 2. The average molecular weight is 853 g/mol. The highest BCUT2D eigenvalue weighted by molar-refractivity contribution is 5.91. The van der Waals surface area contributed by atoms with Gasteiger partial charge in [0.25, 0.3) is 0 Å². The molecule has 0 saturated carbocycles. The van der Waals surface area contributed by atoms with Crippen LogP contribution in [0.4, 0.5) is 0 Å². The summed E-state index contributed by atoms with van der Waals surface area (Å²) in [7, 11) is 3.27. The number of unbranched alkanes of at least 4 members (excludes halogenated alkanes) is 10. The Morgan fingerprint density at radius 3 is 1.12 bits per heavy atom. The Morgan fingerprint density at radius 2 is 0.781 bits per heavy atom. The van der Waals surface area contributed by atoms with Crippen molar-refractivity contribution in [2.75, 3.05) is 27.4 Å². The Morgan fingerprint density at radius 1 is 0.438 bits per heavy atom. The quantitative estimate of drug-likeness (QED) is 0.0313. The minimum absolute atomic E-state index is 0.588. The third-order valence-corrected chi connectivity index (χ3v) is 11.1. The molecule has 0 bridgehead atoms. The lowest BCUT2D eigenvalue weighted by Crippen LogP contribution is -2.03. The van der Waals surface area contributed by atoms with E-state index in [0.29, 0.717) is 24.4 Å². The van der Waals surface area contributed by atoms with Gasteiger partial charge in [-0.3, -0.25) is 0 Å². The molecule has 0 fully saturated rings. The van der Waals surface area contributed by atoms with Gasteiger partial charge in [0, 0.05) is 11.1 Å². The molecule has 0 unspecified atom stereocenters. The predicted molar refractivity (Wildman–Crippen MR) is 268 cm³/mol. The number of hydrogen-bond acceptors (Lipinski definition) is 6. The van der Waals surface area contributed by atoms with Crippen molar-refractivity contribution in [2.24, 2.45) is 0 Å². The number of allylic oxidation sites excluding steroid dienone is 2. The first-order valence-corrected chi connectivity index (χ1v) is 23.0. The molecule has 330 valence electrons. The van der Waals surface area contributed by atoms with Crippen molar-refractivity contribution < 1.29 is 18.9 Å². The molecular formula is C58H64N2O4. The second-order valence-electron chi connectivity index (χ2n) is 16.0. The molecule has 0 heterocycles. The normalized spacial score (nSPS) is 11.7. The molecule has 0 N–H and O–H groups in total. The third kappa shape index (κ3) is 15.9. The summed E-state index contributed by atoms with van der Waals surface area (Å²) in [4.78, 5) is 0.